The summed E-state index contributed by atoms with van der Waals surface area (Å²) in [5.74, 6) is 1.92. The smallest absolute Gasteiger partial charge is 0.267 e. The molecule has 0 saturated heterocycles. The number of likely N-dealkylation sites (N-methyl/N-ethyl adjacent to an activating group) is 2. The molecule has 0 saturated carbocycles. The lowest BCUT2D eigenvalue weighted by molar-refractivity contribution is -0.118. The predicted octanol–water partition coefficient (Wildman–Crippen LogP) is 3.15. The number of amides is 1. The number of nitrogens with one attached hydrogen (secondary N) is 2. The molecule has 148 valence electrons. The zero-order chi connectivity index (χ0) is 20.4. The van der Waals surface area contributed by atoms with Crippen molar-refractivity contribution in [1.29, 1.82) is 0 Å². The number of para-hydroxylation sites is 1. The second-order valence-corrected chi connectivity index (χ2v) is 6.83. The van der Waals surface area contributed by atoms with Gasteiger partial charge in [0.2, 0.25) is 5.95 Å². The number of imidazole rings is 1. The fourth-order valence-corrected chi connectivity index (χ4v) is 3.21. The van der Waals surface area contributed by atoms with Crippen LogP contribution in [-0.2, 0) is 11.8 Å². The molecule has 1 aromatic heterocycles. The highest BCUT2D eigenvalue weighted by Crippen LogP contribution is 2.27. The lowest BCUT2D eigenvalue weighted by Gasteiger charge is -2.24. The summed E-state index contributed by atoms with van der Waals surface area (Å²) in [7, 11) is 5.46. The Bertz CT molecular complexity index is 1110. The molecule has 0 bridgehead atoms. The Labute approximate surface area is 169 Å². The van der Waals surface area contributed by atoms with Gasteiger partial charge in [0.15, 0.2) is 0 Å². The van der Waals surface area contributed by atoms with E-state index in [1.54, 1.807) is 13.1 Å². The zero-order valence-corrected chi connectivity index (χ0v) is 16.6. The summed E-state index contributed by atoms with van der Waals surface area (Å²) in [6.45, 7) is 0.603. The molecule has 2 N–H and O–H groups in total. The number of fused-ring (bicyclic) bond motifs is 1. The topological polar surface area (TPSA) is 71.4 Å². The minimum Gasteiger partial charge on any atom is -0.457 e. The minimum absolute atomic E-state index is 0.140. The van der Waals surface area contributed by atoms with Crippen molar-refractivity contribution in [3.05, 3.63) is 72.1 Å². The highest BCUT2D eigenvalue weighted by molar-refractivity contribution is 5.93. The number of ether oxygens (including phenoxy) is 1. The molecule has 4 rings (SSSR count). The van der Waals surface area contributed by atoms with Crippen molar-refractivity contribution in [2.24, 2.45) is 7.05 Å². The van der Waals surface area contributed by atoms with Crippen LogP contribution >= 0.6 is 0 Å². The van der Waals surface area contributed by atoms with Crippen molar-refractivity contribution in [2.45, 2.75) is 0 Å². The molecule has 1 aliphatic rings. The Morgan fingerprint density at radius 3 is 2.69 bits per heavy atom. The van der Waals surface area contributed by atoms with Crippen molar-refractivity contribution in [3.8, 4) is 5.75 Å². The van der Waals surface area contributed by atoms with E-state index in [1.165, 1.54) is 0 Å². The number of hydrogen-bond acceptors (Lipinski definition) is 5. The molecule has 2 heterocycles. The quantitative estimate of drug-likeness (QED) is 0.701. The van der Waals surface area contributed by atoms with Crippen molar-refractivity contribution >= 4 is 28.6 Å². The average molecular weight is 389 g/mol. The summed E-state index contributed by atoms with van der Waals surface area (Å²) < 4.78 is 8.02. The fraction of sp³-hybridized carbons (Fsp3) is 0.182. The van der Waals surface area contributed by atoms with Gasteiger partial charge in [-0.1, -0.05) is 18.2 Å². The summed E-state index contributed by atoms with van der Waals surface area (Å²) in [5, 5.41) is 5.98. The summed E-state index contributed by atoms with van der Waals surface area (Å²) in [5.41, 5.74) is 3.37. The number of benzene rings is 2. The lowest BCUT2D eigenvalue weighted by atomic mass is 10.2. The fourth-order valence-electron chi connectivity index (χ4n) is 3.21. The summed E-state index contributed by atoms with van der Waals surface area (Å²) >= 11 is 0. The van der Waals surface area contributed by atoms with Gasteiger partial charge in [-0.2, -0.15) is 0 Å². The van der Waals surface area contributed by atoms with Gasteiger partial charge in [0.05, 0.1) is 11.0 Å². The molecule has 0 spiro atoms. The van der Waals surface area contributed by atoms with Crippen LogP contribution in [0.15, 0.2) is 72.1 Å². The van der Waals surface area contributed by atoms with Crippen molar-refractivity contribution in [3.63, 3.8) is 0 Å². The standard InChI is InChI=1S/C22H23N5O2/c1-23-21(28)20-14-17(11-12-26(20)2)29-16-9-10-19-18(13-16)25-22(27(19)3)24-15-7-5-4-6-8-15/h4-11,13-14H,12H2,1-3H3,(H,23,28)(H,24,25). The van der Waals surface area contributed by atoms with Crippen molar-refractivity contribution < 1.29 is 9.53 Å². The number of aryl methyl sites for hydroxylation is 1. The molecule has 0 radical (unpaired) electrons. The van der Waals surface area contributed by atoms with Crippen molar-refractivity contribution in [1.82, 2.24) is 19.8 Å². The zero-order valence-electron chi connectivity index (χ0n) is 16.6. The second kappa shape index (κ2) is 7.71. The third-order valence-electron chi connectivity index (χ3n) is 4.83. The molecule has 7 heteroatoms. The molecule has 1 aliphatic heterocycles. The highest BCUT2D eigenvalue weighted by atomic mass is 16.5. The Hall–Kier alpha value is -3.74. The van der Waals surface area contributed by atoms with Crippen LogP contribution in [0.1, 0.15) is 0 Å². The van der Waals surface area contributed by atoms with Gasteiger partial charge in [-0.05, 0) is 30.3 Å². The van der Waals surface area contributed by atoms with Crippen LogP contribution in [0.25, 0.3) is 11.0 Å². The lowest BCUT2D eigenvalue weighted by Crippen LogP contribution is -2.33. The number of anilines is 2. The Kier molecular flexibility index (Phi) is 4.95. The minimum atomic E-state index is -0.140. The van der Waals surface area contributed by atoms with Crippen LogP contribution in [0.4, 0.5) is 11.6 Å². The number of nitrogens with zero attached hydrogens (tertiary/aromatic N) is 3. The normalized spacial score (nSPS) is 13.7. The van der Waals surface area contributed by atoms with Gasteiger partial charge in [0.25, 0.3) is 5.91 Å². The monoisotopic (exact) mass is 389 g/mol. The van der Waals surface area contributed by atoms with E-state index in [0.717, 1.165) is 22.7 Å². The number of rotatable bonds is 5. The third kappa shape index (κ3) is 3.80. The van der Waals surface area contributed by atoms with E-state index < -0.39 is 0 Å². The largest absolute Gasteiger partial charge is 0.457 e. The maximum Gasteiger partial charge on any atom is 0.267 e. The number of allylic oxidation sites excluding steroid dienone is 1. The molecule has 0 unspecified atom stereocenters. The molecule has 0 fully saturated rings. The van der Waals surface area contributed by atoms with Crippen LogP contribution in [-0.4, -0.2) is 41.0 Å². The van der Waals surface area contributed by atoms with Gasteiger partial charge in [-0.3, -0.25) is 4.79 Å². The van der Waals surface area contributed by atoms with E-state index in [1.807, 2.05) is 78.2 Å². The van der Waals surface area contributed by atoms with Gasteiger partial charge in [0.1, 0.15) is 17.2 Å². The van der Waals surface area contributed by atoms with Crippen LogP contribution in [0.3, 0.4) is 0 Å². The predicted molar refractivity (Wildman–Crippen MR) is 114 cm³/mol. The Morgan fingerprint density at radius 1 is 1.14 bits per heavy atom. The number of carbonyl (C=O) groups is 1. The first-order valence-electron chi connectivity index (χ1n) is 9.36. The first-order chi connectivity index (χ1) is 14.0. The van der Waals surface area contributed by atoms with E-state index in [0.29, 0.717) is 23.8 Å². The van der Waals surface area contributed by atoms with Crippen molar-refractivity contribution in [2.75, 3.05) is 26.0 Å². The summed E-state index contributed by atoms with van der Waals surface area (Å²) in [6.07, 6.45) is 3.69. The molecule has 2 aromatic carbocycles. The molecule has 0 aliphatic carbocycles. The molecule has 29 heavy (non-hydrogen) atoms. The summed E-state index contributed by atoms with van der Waals surface area (Å²) in [6, 6.07) is 15.7. The van der Waals surface area contributed by atoms with Crippen LogP contribution in [0.5, 0.6) is 5.75 Å². The molecule has 3 aromatic rings. The van der Waals surface area contributed by atoms with Gasteiger partial charge in [0, 0.05) is 45.5 Å². The SMILES string of the molecule is CNC(=O)C1=CC(Oc2ccc3c(c2)nc(Nc2ccccc2)n3C)=CCN1C. The van der Waals surface area contributed by atoms with Gasteiger partial charge < -0.3 is 24.8 Å². The second-order valence-electron chi connectivity index (χ2n) is 6.83. The first kappa shape index (κ1) is 18.6. The van der Waals surface area contributed by atoms with Gasteiger partial charge in [-0.25, -0.2) is 4.98 Å². The van der Waals surface area contributed by atoms with E-state index in [2.05, 4.69) is 10.6 Å². The van der Waals surface area contributed by atoms with Crippen LogP contribution < -0.4 is 15.4 Å². The average Bonchev–Trinajstić information content (AvgIpc) is 3.04. The first-order valence-corrected chi connectivity index (χ1v) is 9.36. The molecular weight excluding hydrogens is 366 g/mol. The third-order valence-corrected chi connectivity index (χ3v) is 4.83. The highest BCUT2D eigenvalue weighted by Gasteiger charge is 2.18. The van der Waals surface area contributed by atoms with Gasteiger partial charge >= 0.3 is 0 Å². The van der Waals surface area contributed by atoms with Crippen LogP contribution in [0, 0.1) is 0 Å². The Balaban J connectivity index is 1.58. The number of hydrogen-bond donors (Lipinski definition) is 2. The van der Waals surface area contributed by atoms with Gasteiger partial charge in [-0.15, -0.1) is 0 Å². The molecule has 1 amide bonds. The van der Waals surface area contributed by atoms with E-state index in [9.17, 15) is 4.79 Å². The molecule has 7 nitrogen and oxygen atoms in total. The van der Waals surface area contributed by atoms with Crippen LogP contribution in [0.2, 0.25) is 0 Å². The molecular formula is C22H23N5O2. The van der Waals surface area contributed by atoms with E-state index >= 15 is 0 Å². The van der Waals surface area contributed by atoms with E-state index in [4.69, 9.17) is 9.72 Å². The number of aromatic nitrogens is 2. The summed E-state index contributed by atoms with van der Waals surface area (Å²) in [4.78, 5) is 18.6. The molecule has 0 atom stereocenters. The maximum absolute atomic E-state index is 12.0. The number of carbonyl (C=O) groups excluding carboxylic acids is 1. The maximum atomic E-state index is 12.0. The Morgan fingerprint density at radius 2 is 1.93 bits per heavy atom. The van der Waals surface area contributed by atoms with E-state index in [-0.39, 0.29) is 5.91 Å².